The predicted molar refractivity (Wildman–Crippen MR) is 85.3 cm³/mol. The van der Waals surface area contributed by atoms with Crippen molar-refractivity contribution in [3.8, 4) is 0 Å². The number of amides is 1. The third kappa shape index (κ3) is 3.32. The van der Waals surface area contributed by atoms with Gasteiger partial charge in [-0.25, -0.2) is 0 Å². The van der Waals surface area contributed by atoms with E-state index in [0.717, 1.165) is 37.1 Å². The van der Waals surface area contributed by atoms with Crippen LogP contribution in [-0.2, 0) is 11.3 Å². The molecule has 1 aromatic carbocycles. The topological polar surface area (TPSA) is 55.8 Å². The third-order valence-corrected chi connectivity index (χ3v) is 4.84. The molecule has 1 unspecified atom stereocenters. The summed E-state index contributed by atoms with van der Waals surface area (Å²) in [5, 5.41) is 13.6. The van der Waals surface area contributed by atoms with Crippen molar-refractivity contribution >= 4 is 5.91 Å². The van der Waals surface area contributed by atoms with Crippen molar-refractivity contribution in [3.63, 3.8) is 0 Å². The summed E-state index contributed by atoms with van der Waals surface area (Å²) in [6.07, 6.45) is 1.61. The summed E-state index contributed by atoms with van der Waals surface area (Å²) in [5.41, 5.74) is 2.01. The lowest BCUT2D eigenvalue weighted by atomic mass is 9.97. The second-order valence-corrected chi connectivity index (χ2v) is 6.39. The highest BCUT2D eigenvalue weighted by Crippen LogP contribution is 2.26. The quantitative estimate of drug-likeness (QED) is 0.865. The minimum atomic E-state index is -0.571. The van der Waals surface area contributed by atoms with E-state index in [0.29, 0.717) is 25.7 Å². The summed E-state index contributed by atoms with van der Waals surface area (Å²) >= 11 is 0. The van der Waals surface area contributed by atoms with Crippen LogP contribution in [0.3, 0.4) is 0 Å². The van der Waals surface area contributed by atoms with Crippen LogP contribution in [-0.4, -0.2) is 60.1 Å². The molecular weight excluding hydrogens is 278 g/mol. The van der Waals surface area contributed by atoms with Crippen LogP contribution in [0, 0.1) is 0 Å². The van der Waals surface area contributed by atoms with Gasteiger partial charge in [-0.2, -0.15) is 0 Å². The largest absolute Gasteiger partial charge is 0.387 e. The molecule has 0 radical (unpaired) electrons. The lowest BCUT2D eigenvalue weighted by Gasteiger charge is -2.35. The van der Waals surface area contributed by atoms with E-state index in [2.05, 4.69) is 10.2 Å². The maximum absolute atomic E-state index is 12.6. The monoisotopic (exact) mass is 303 g/mol. The summed E-state index contributed by atoms with van der Waals surface area (Å²) in [4.78, 5) is 16.5. The molecule has 1 saturated heterocycles. The van der Waals surface area contributed by atoms with Gasteiger partial charge < -0.3 is 15.3 Å². The first-order valence-corrected chi connectivity index (χ1v) is 8.10. The van der Waals surface area contributed by atoms with Crippen molar-refractivity contribution in [2.75, 3.05) is 33.2 Å². The van der Waals surface area contributed by atoms with Crippen LogP contribution in [0.25, 0.3) is 0 Å². The average molecular weight is 303 g/mol. The lowest BCUT2D eigenvalue weighted by Crippen LogP contribution is -2.47. The summed E-state index contributed by atoms with van der Waals surface area (Å²) < 4.78 is 0. The number of nitrogens with one attached hydrogen (secondary N) is 1. The second kappa shape index (κ2) is 6.77. The van der Waals surface area contributed by atoms with E-state index in [1.165, 1.54) is 0 Å². The number of benzene rings is 1. The molecule has 0 bridgehead atoms. The summed E-state index contributed by atoms with van der Waals surface area (Å²) in [6.45, 7) is 3.49. The maximum Gasteiger partial charge on any atom is 0.237 e. The first-order chi connectivity index (χ1) is 10.6. The van der Waals surface area contributed by atoms with Gasteiger partial charge in [0, 0.05) is 12.6 Å². The molecule has 2 heterocycles. The average Bonchev–Trinajstić information content (AvgIpc) is 2.55. The van der Waals surface area contributed by atoms with Gasteiger partial charge in [-0.1, -0.05) is 24.3 Å². The molecule has 1 amide bonds. The van der Waals surface area contributed by atoms with Gasteiger partial charge in [-0.3, -0.25) is 9.69 Å². The highest BCUT2D eigenvalue weighted by atomic mass is 16.3. The number of hydrogen-bond acceptors (Lipinski definition) is 4. The Morgan fingerprint density at radius 2 is 2.09 bits per heavy atom. The van der Waals surface area contributed by atoms with Gasteiger partial charge >= 0.3 is 0 Å². The van der Waals surface area contributed by atoms with E-state index in [9.17, 15) is 9.90 Å². The molecule has 1 fully saturated rings. The van der Waals surface area contributed by atoms with Crippen LogP contribution < -0.4 is 5.32 Å². The van der Waals surface area contributed by atoms with Crippen molar-refractivity contribution in [2.45, 2.75) is 31.5 Å². The molecule has 5 heteroatoms. The van der Waals surface area contributed by atoms with E-state index in [4.69, 9.17) is 0 Å². The molecule has 2 N–H and O–H groups in total. The Morgan fingerprint density at radius 3 is 2.86 bits per heavy atom. The minimum Gasteiger partial charge on any atom is -0.387 e. The zero-order valence-corrected chi connectivity index (χ0v) is 13.2. The first kappa shape index (κ1) is 15.5. The Balaban J connectivity index is 1.61. The van der Waals surface area contributed by atoms with Crippen LogP contribution in [0.15, 0.2) is 24.3 Å². The van der Waals surface area contributed by atoms with Gasteiger partial charge in [0.15, 0.2) is 0 Å². The maximum atomic E-state index is 12.6. The highest BCUT2D eigenvalue weighted by molar-refractivity contribution is 5.78. The van der Waals surface area contributed by atoms with Crippen LogP contribution in [0.5, 0.6) is 0 Å². The number of hydrogen-bond donors (Lipinski definition) is 2. The van der Waals surface area contributed by atoms with E-state index in [1.54, 1.807) is 4.90 Å². The Kier molecular flexibility index (Phi) is 4.76. The van der Waals surface area contributed by atoms with Crippen LogP contribution in [0.2, 0.25) is 0 Å². The molecule has 0 spiro atoms. The van der Waals surface area contributed by atoms with Crippen LogP contribution >= 0.6 is 0 Å². The molecule has 22 heavy (non-hydrogen) atoms. The van der Waals surface area contributed by atoms with Crippen molar-refractivity contribution in [1.82, 2.24) is 15.1 Å². The van der Waals surface area contributed by atoms with Crippen molar-refractivity contribution in [2.24, 2.45) is 0 Å². The number of likely N-dealkylation sites (N-methyl/N-ethyl adjacent to an activating group) is 1. The van der Waals surface area contributed by atoms with Gasteiger partial charge in [0.2, 0.25) is 5.91 Å². The third-order valence-electron chi connectivity index (χ3n) is 4.84. The number of carbonyl (C=O) groups is 1. The molecular formula is C17H25N3O2. The molecule has 3 rings (SSSR count). The fourth-order valence-electron chi connectivity index (χ4n) is 3.46. The number of aliphatic hydroxyl groups excluding tert-OH is 1. The van der Waals surface area contributed by atoms with E-state index in [-0.39, 0.29) is 5.91 Å². The lowest BCUT2D eigenvalue weighted by molar-refractivity contribution is -0.135. The number of β-amino-alcohol motifs (C(OH)–C–C–N with tert-alkyl or cyclic N) is 1. The number of fused-ring (bicyclic) bond motifs is 1. The molecule has 5 nitrogen and oxygen atoms in total. The molecule has 0 aliphatic carbocycles. The number of carbonyl (C=O) groups excluding carboxylic acids is 1. The Bertz CT molecular complexity index is 528. The molecule has 0 saturated carbocycles. The van der Waals surface area contributed by atoms with Gasteiger partial charge in [0.05, 0.1) is 19.2 Å². The van der Waals surface area contributed by atoms with Gasteiger partial charge in [0.1, 0.15) is 0 Å². The van der Waals surface area contributed by atoms with Gasteiger partial charge in [0.25, 0.3) is 0 Å². The van der Waals surface area contributed by atoms with E-state index in [1.807, 2.05) is 31.3 Å². The van der Waals surface area contributed by atoms with Crippen LogP contribution in [0.4, 0.5) is 0 Å². The Morgan fingerprint density at radius 1 is 1.36 bits per heavy atom. The van der Waals surface area contributed by atoms with E-state index >= 15 is 0 Å². The molecule has 1 aromatic rings. The molecule has 2 aliphatic rings. The molecule has 0 aromatic heterocycles. The summed E-state index contributed by atoms with van der Waals surface area (Å²) in [7, 11) is 2.03. The minimum absolute atomic E-state index is 0.106. The van der Waals surface area contributed by atoms with E-state index < -0.39 is 6.10 Å². The zero-order chi connectivity index (χ0) is 15.5. The standard InChI is InChI=1S/C17H25N3O2/c1-19(14-6-8-18-9-7-14)12-17(22)20-10-13-4-2-3-5-15(13)16(21)11-20/h2-5,14,16,18,21H,6-12H2,1H3. The number of rotatable bonds is 3. The van der Waals surface area contributed by atoms with Crippen LogP contribution in [0.1, 0.15) is 30.1 Å². The second-order valence-electron chi connectivity index (χ2n) is 6.39. The SMILES string of the molecule is CN(CC(=O)N1Cc2ccccc2C(O)C1)C1CCNCC1. The molecule has 2 aliphatic heterocycles. The highest BCUT2D eigenvalue weighted by Gasteiger charge is 2.28. The Hall–Kier alpha value is -1.43. The smallest absolute Gasteiger partial charge is 0.237 e. The summed E-state index contributed by atoms with van der Waals surface area (Å²) in [5.74, 6) is 0.106. The van der Waals surface area contributed by atoms with Gasteiger partial charge in [-0.15, -0.1) is 0 Å². The fraction of sp³-hybridized carbons (Fsp3) is 0.588. The van der Waals surface area contributed by atoms with Crippen molar-refractivity contribution in [1.29, 1.82) is 0 Å². The normalized spacial score (nSPS) is 22.7. The van der Waals surface area contributed by atoms with Crippen molar-refractivity contribution in [3.05, 3.63) is 35.4 Å². The number of nitrogens with zero attached hydrogens (tertiary/aromatic N) is 2. The zero-order valence-electron chi connectivity index (χ0n) is 13.2. The molecule has 120 valence electrons. The predicted octanol–water partition coefficient (Wildman–Crippen LogP) is 0.746. The van der Waals surface area contributed by atoms with Gasteiger partial charge in [-0.05, 0) is 44.1 Å². The summed E-state index contributed by atoms with van der Waals surface area (Å²) in [6, 6.07) is 8.31. The fourth-order valence-corrected chi connectivity index (χ4v) is 3.46. The van der Waals surface area contributed by atoms with Crippen molar-refractivity contribution < 1.29 is 9.90 Å². The Labute approximate surface area is 131 Å². The number of aliphatic hydroxyl groups is 1. The molecule has 1 atom stereocenters. The number of piperidine rings is 1. The first-order valence-electron chi connectivity index (χ1n) is 8.10.